The molecule has 0 bridgehead atoms. The van der Waals surface area contributed by atoms with E-state index in [1.165, 1.54) is 6.92 Å². The number of aryl methyl sites for hydroxylation is 1. The van der Waals surface area contributed by atoms with Gasteiger partial charge in [0.2, 0.25) is 0 Å². The molecule has 0 amide bonds. The van der Waals surface area contributed by atoms with E-state index in [9.17, 15) is 9.59 Å². The monoisotopic (exact) mass is 528 g/mol. The number of fused-ring (bicyclic) bond motifs is 3. The molecule has 3 aromatic carbocycles. The average molecular weight is 529 g/mol. The van der Waals surface area contributed by atoms with E-state index in [-0.39, 0.29) is 11.9 Å². The van der Waals surface area contributed by atoms with Gasteiger partial charge in [0.25, 0.3) is 0 Å². The van der Waals surface area contributed by atoms with Gasteiger partial charge in [0.15, 0.2) is 11.6 Å². The predicted molar refractivity (Wildman–Crippen MR) is 149 cm³/mol. The molecular weight excluding hydrogens is 496 g/mol. The van der Waals surface area contributed by atoms with Crippen molar-refractivity contribution in [1.82, 2.24) is 4.57 Å². The van der Waals surface area contributed by atoms with Gasteiger partial charge in [0.1, 0.15) is 18.5 Å². The first kappa shape index (κ1) is 26.6. The molecule has 1 atom stereocenters. The third kappa shape index (κ3) is 5.57. The molecule has 0 spiro atoms. The zero-order valence-corrected chi connectivity index (χ0v) is 22.8. The summed E-state index contributed by atoms with van der Waals surface area (Å²) in [5.41, 5.74) is 4.70. The molecule has 0 radical (unpaired) electrons. The highest BCUT2D eigenvalue weighted by Crippen LogP contribution is 2.32. The van der Waals surface area contributed by atoms with Gasteiger partial charge in [-0.1, -0.05) is 11.2 Å². The van der Waals surface area contributed by atoms with Crippen molar-refractivity contribution >= 4 is 39.3 Å². The van der Waals surface area contributed by atoms with E-state index in [0.717, 1.165) is 33.9 Å². The Balaban J connectivity index is 1.40. The molecular formula is C31H32N2O6. The molecule has 1 aliphatic heterocycles. The highest BCUT2D eigenvalue weighted by atomic mass is 16.7. The Morgan fingerprint density at radius 1 is 0.949 bits per heavy atom. The number of hydrogen-bond donors (Lipinski definition) is 0. The number of rotatable bonds is 8. The summed E-state index contributed by atoms with van der Waals surface area (Å²) < 4.78 is 19.4. The number of oxime groups is 1. The van der Waals surface area contributed by atoms with Crippen LogP contribution in [0.5, 0.6) is 5.75 Å². The van der Waals surface area contributed by atoms with Gasteiger partial charge < -0.3 is 23.6 Å². The largest absolute Gasteiger partial charge is 0.491 e. The molecule has 0 aliphatic carbocycles. The number of nitrogens with zero attached hydrogens (tertiary/aromatic N) is 2. The summed E-state index contributed by atoms with van der Waals surface area (Å²) >= 11 is 0. The van der Waals surface area contributed by atoms with Crippen LogP contribution in [0.2, 0.25) is 0 Å². The molecule has 0 saturated carbocycles. The molecule has 8 nitrogen and oxygen atoms in total. The number of aromatic nitrogens is 1. The molecule has 1 fully saturated rings. The standard InChI is InChI=1S/C31H32N2O6/c1-6-33-28-13-9-22(19(2)32-39-20(3)34)15-26(28)27-16-23(10-14-29(27)33)30(35)21-7-11-24(12-8-21)36-17-25-18-37-31(4,5)38-25/h7-16,25H,6,17-18H2,1-5H3/b32-19+. The summed E-state index contributed by atoms with van der Waals surface area (Å²) in [4.78, 5) is 29.4. The first-order chi connectivity index (χ1) is 18.6. The lowest BCUT2D eigenvalue weighted by Gasteiger charge is -2.17. The van der Waals surface area contributed by atoms with E-state index in [1.807, 2.05) is 50.2 Å². The van der Waals surface area contributed by atoms with Gasteiger partial charge in [0, 0.05) is 46.4 Å². The second kappa shape index (κ2) is 10.6. The zero-order chi connectivity index (χ0) is 27.7. The SMILES string of the molecule is CCn1c2ccc(C(=O)c3ccc(OCC4COC(C)(C)O4)cc3)cc2c2cc(/C(C)=N/OC(C)=O)ccc21. The number of ketones is 1. The van der Waals surface area contributed by atoms with Crippen molar-refractivity contribution in [2.45, 2.75) is 53.1 Å². The zero-order valence-electron chi connectivity index (χ0n) is 22.8. The van der Waals surface area contributed by atoms with Gasteiger partial charge in [-0.15, -0.1) is 0 Å². The van der Waals surface area contributed by atoms with E-state index in [1.54, 1.807) is 31.2 Å². The van der Waals surface area contributed by atoms with Crippen molar-refractivity contribution in [2.24, 2.45) is 5.16 Å². The number of carbonyl (C=O) groups excluding carboxylic acids is 2. The summed E-state index contributed by atoms with van der Waals surface area (Å²) in [6, 6.07) is 19.0. The minimum atomic E-state index is -0.591. The topological polar surface area (TPSA) is 88.3 Å². The van der Waals surface area contributed by atoms with Gasteiger partial charge in [-0.2, -0.15) is 0 Å². The lowest BCUT2D eigenvalue weighted by molar-refractivity contribution is -0.141. The van der Waals surface area contributed by atoms with Crippen molar-refractivity contribution in [3.05, 3.63) is 77.4 Å². The normalized spacial score (nSPS) is 17.1. The fraction of sp³-hybridized carbons (Fsp3) is 0.323. The Morgan fingerprint density at radius 2 is 1.56 bits per heavy atom. The van der Waals surface area contributed by atoms with E-state index < -0.39 is 11.8 Å². The average Bonchev–Trinajstić information content (AvgIpc) is 3.45. The van der Waals surface area contributed by atoms with Crippen LogP contribution >= 0.6 is 0 Å². The number of carbonyl (C=O) groups is 2. The smallest absolute Gasteiger partial charge is 0.331 e. The van der Waals surface area contributed by atoms with Crippen molar-refractivity contribution in [2.75, 3.05) is 13.2 Å². The molecule has 0 N–H and O–H groups in total. The second-order valence-electron chi connectivity index (χ2n) is 10.1. The second-order valence-corrected chi connectivity index (χ2v) is 10.1. The molecule has 1 saturated heterocycles. The molecule has 4 aromatic rings. The lowest BCUT2D eigenvalue weighted by atomic mass is 10.0. The molecule has 8 heteroatoms. The maximum Gasteiger partial charge on any atom is 0.331 e. The minimum absolute atomic E-state index is 0.0705. The molecule has 5 rings (SSSR count). The summed E-state index contributed by atoms with van der Waals surface area (Å²) in [6.45, 7) is 10.6. The van der Waals surface area contributed by atoms with Gasteiger partial charge in [-0.05, 0) is 87.9 Å². The minimum Gasteiger partial charge on any atom is -0.491 e. The van der Waals surface area contributed by atoms with Crippen LogP contribution in [0.1, 0.15) is 56.1 Å². The number of ether oxygens (including phenoxy) is 3. The first-order valence-corrected chi connectivity index (χ1v) is 13.0. The molecule has 1 unspecified atom stereocenters. The van der Waals surface area contributed by atoms with Gasteiger partial charge in [-0.3, -0.25) is 4.79 Å². The van der Waals surface area contributed by atoms with Crippen LogP contribution in [0.3, 0.4) is 0 Å². The van der Waals surface area contributed by atoms with Crippen LogP contribution in [-0.4, -0.2) is 47.1 Å². The van der Waals surface area contributed by atoms with Crippen LogP contribution in [0, 0.1) is 0 Å². The summed E-state index contributed by atoms with van der Waals surface area (Å²) in [5, 5.41) is 5.90. The third-order valence-electron chi connectivity index (χ3n) is 6.79. The van der Waals surface area contributed by atoms with Crippen LogP contribution in [0.15, 0.2) is 65.8 Å². The van der Waals surface area contributed by atoms with E-state index in [2.05, 4.69) is 16.6 Å². The molecule has 2 heterocycles. The molecule has 202 valence electrons. The Labute approximate surface area is 227 Å². The highest BCUT2D eigenvalue weighted by Gasteiger charge is 2.33. The van der Waals surface area contributed by atoms with Gasteiger partial charge in [-0.25, -0.2) is 4.79 Å². The van der Waals surface area contributed by atoms with Crippen molar-refractivity contribution in [3.63, 3.8) is 0 Å². The first-order valence-electron chi connectivity index (χ1n) is 13.0. The Kier molecular flexibility index (Phi) is 7.25. The van der Waals surface area contributed by atoms with E-state index >= 15 is 0 Å². The predicted octanol–water partition coefficient (Wildman–Crippen LogP) is 5.86. The Bertz CT molecular complexity index is 1580. The van der Waals surface area contributed by atoms with Crippen LogP contribution in [0.4, 0.5) is 0 Å². The highest BCUT2D eigenvalue weighted by molar-refractivity contribution is 6.16. The lowest BCUT2D eigenvalue weighted by Crippen LogP contribution is -2.25. The van der Waals surface area contributed by atoms with E-state index in [4.69, 9.17) is 19.0 Å². The van der Waals surface area contributed by atoms with Crippen molar-refractivity contribution in [1.29, 1.82) is 0 Å². The summed E-state index contributed by atoms with van der Waals surface area (Å²) in [7, 11) is 0. The maximum absolute atomic E-state index is 13.4. The fourth-order valence-corrected chi connectivity index (χ4v) is 4.90. The fourth-order valence-electron chi connectivity index (χ4n) is 4.90. The number of hydrogen-bond acceptors (Lipinski definition) is 7. The van der Waals surface area contributed by atoms with Crippen molar-refractivity contribution in [3.8, 4) is 5.75 Å². The molecule has 1 aliphatic rings. The molecule has 1 aromatic heterocycles. The van der Waals surface area contributed by atoms with Crippen molar-refractivity contribution < 1.29 is 28.6 Å². The third-order valence-corrected chi connectivity index (χ3v) is 6.79. The maximum atomic E-state index is 13.4. The quantitative estimate of drug-likeness (QED) is 0.123. The van der Waals surface area contributed by atoms with Crippen LogP contribution in [-0.2, 0) is 25.7 Å². The van der Waals surface area contributed by atoms with Crippen LogP contribution in [0.25, 0.3) is 21.8 Å². The van der Waals surface area contributed by atoms with Crippen LogP contribution < -0.4 is 4.74 Å². The Hall–Kier alpha value is -4.01. The van der Waals surface area contributed by atoms with Gasteiger partial charge in [0.05, 0.1) is 12.3 Å². The summed E-state index contributed by atoms with van der Waals surface area (Å²) in [6.07, 6.45) is -0.129. The van der Waals surface area contributed by atoms with E-state index in [0.29, 0.717) is 35.8 Å². The number of benzene rings is 3. The Morgan fingerprint density at radius 3 is 2.15 bits per heavy atom. The van der Waals surface area contributed by atoms with Gasteiger partial charge >= 0.3 is 5.97 Å². The summed E-state index contributed by atoms with van der Waals surface area (Å²) in [5.74, 6) is -0.465. The molecule has 39 heavy (non-hydrogen) atoms.